The molecular weight excluding hydrogens is 344 g/mol. The van der Waals surface area contributed by atoms with E-state index in [-0.39, 0.29) is 25.3 Å². The number of rotatable bonds is 6. The molecule has 1 atom stereocenters. The molecule has 0 spiro atoms. The average molecular weight is 365 g/mol. The lowest BCUT2D eigenvalue weighted by Crippen LogP contribution is -2.35. The van der Waals surface area contributed by atoms with E-state index in [4.69, 9.17) is 16.3 Å². The molecule has 0 radical (unpaired) electrons. The topological polar surface area (TPSA) is 88.4 Å². The van der Waals surface area contributed by atoms with Crippen molar-refractivity contribution in [3.63, 3.8) is 0 Å². The molecule has 0 saturated carbocycles. The maximum Gasteiger partial charge on any atom is 0.320 e. The van der Waals surface area contributed by atoms with E-state index in [0.717, 1.165) is 25.0 Å². The fourth-order valence-corrected chi connectivity index (χ4v) is 2.93. The van der Waals surface area contributed by atoms with E-state index in [2.05, 4.69) is 15.7 Å². The molecule has 1 aliphatic rings. The summed E-state index contributed by atoms with van der Waals surface area (Å²) in [5.74, 6) is 0.508. The average Bonchev–Trinajstić information content (AvgIpc) is 3.24. The molecule has 1 aromatic carbocycles. The number of aliphatic hydroxyl groups is 1. The Bertz CT molecular complexity index is 728. The van der Waals surface area contributed by atoms with Crippen LogP contribution in [0.4, 0.5) is 10.6 Å². The summed E-state index contributed by atoms with van der Waals surface area (Å²) in [6.45, 7) is 1.42. The maximum atomic E-state index is 12.1. The van der Waals surface area contributed by atoms with Gasteiger partial charge in [-0.1, -0.05) is 23.7 Å². The lowest BCUT2D eigenvalue weighted by Gasteiger charge is -2.12. The van der Waals surface area contributed by atoms with Gasteiger partial charge in [0.15, 0.2) is 0 Å². The van der Waals surface area contributed by atoms with Crippen molar-refractivity contribution in [3.05, 3.63) is 35.4 Å². The van der Waals surface area contributed by atoms with E-state index in [9.17, 15) is 9.90 Å². The number of carbonyl (C=O) groups excluding carboxylic acids is 1. The van der Waals surface area contributed by atoms with Crippen molar-refractivity contribution < 1.29 is 14.6 Å². The monoisotopic (exact) mass is 364 g/mol. The first-order valence-electron chi connectivity index (χ1n) is 8.27. The number of nitrogens with zero attached hydrogens (tertiary/aromatic N) is 2. The summed E-state index contributed by atoms with van der Waals surface area (Å²) in [5.41, 5.74) is 1.51. The van der Waals surface area contributed by atoms with E-state index in [0.29, 0.717) is 23.1 Å². The molecule has 7 nitrogen and oxygen atoms in total. The van der Waals surface area contributed by atoms with Gasteiger partial charge in [0.2, 0.25) is 0 Å². The third kappa shape index (κ3) is 4.72. The number of ether oxygens (including phenoxy) is 1. The standard InChI is InChI=1S/C17H21ClN4O3/c18-13-4-1-3-12(9-13)15-10-16(22(21-15)6-7-23)20-17(24)19-11-14-5-2-8-25-14/h1,3-4,9-10,14,23H,2,5-8,11H2,(H2,19,20,24)/t14-/m1/s1. The number of nitrogens with one attached hydrogen (secondary N) is 2. The van der Waals surface area contributed by atoms with Gasteiger partial charge in [0, 0.05) is 29.8 Å². The molecule has 3 rings (SSSR count). The Morgan fingerprint density at radius 1 is 1.44 bits per heavy atom. The minimum Gasteiger partial charge on any atom is -0.394 e. The fourth-order valence-electron chi connectivity index (χ4n) is 2.74. The SMILES string of the molecule is O=C(NC[C@H]1CCCO1)Nc1cc(-c2cccc(Cl)c2)nn1CCO. The zero-order valence-electron chi connectivity index (χ0n) is 13.7. The van der Waals surface area contributed by atoms with Crippen molar-refractivity contribution in [2.75, 3.05) is 25.1 Å². The Morgan fingerprint density at radius 3 is 3.04 bits per heavy atom. The van der Waals surface area contributed by atoms with Gasteiger partial charge in [-0.2, -0.15) is 5.10 Å². The molecule has 0 bridgehead atoms. The number of hydrogen-bond acceptors (Lipinski definition) is 4. The van der Waals surface area contributed by atoms with Crippen molar-refractivity contribution in [1.82, 2.24) is 15.1 Å². The number of carbonyl (C=O) groups is 1. The predicted octanol–water partition coefficient (Wildman–Crippen LogP) is 2.50. The molecule has 1 saturated heterocycles. The third-order valence-electron chi connectivity index (χ3n) is 3.97. The molecule has 1 aliphatic heterocycles. The molecule has 8 heteroatoms. The highest BCUT2D eigenvalue weighted by Gasteiger charge is 2.17. The number of halogens is 1. The Labute approximate surface area is 150 Å². The summed E-state index contributed by atoms with van der Waals surface area (Å²) in [6.07, 6.45) is 2.07. The van der Waals surface area contributed by atoms with Gasteiger partial charge in [-0.15, -0.1) is 0 Å². The summed E-state index contributed by atoms with van der Waals surface area (Å²) in [5, 5.41) is 19.8. The second-order valence-electron chi connectivity index (χ2n) is 5.84. The van der Waals surface area contributed by atoms with Crippen LogP contribution < -0.4 is 10.6 Å². The molecule has 1 fully saturated rings. The number of benzene rings is 1. The molecule has 2 aromatic rings. The number of hydrogen-bond donors (Lipinski definition) is 3. The molecule has 2 heterocycles. The second-order valence-corrected chi connectivity index (χ2v) is 6.28. The van der Waals surface area contributed by atoms with Gasteiger partial charge in [-0.05, 0) is 25.0 Å². The fraction of sp³-hybridized carbons (Fsp3) is 0.412. The van der Waals surface area contributed by atoms with Crippen LogP contribution in [0.1, 0.15) is 12.8 Å². The van der Waals surface area contributed by atoms with Crippen LogP contribution in [0.5, 0.6) is 0 Å². The summed E-state index contributed by atoms with van der Waals surface area (Å²) in [6, 6.07) is 8.74. The van der Waals surface area contributed by atoms with Crippen LogP contribution in [-0.2, 0) is 11.3 Å². The Balaban J connectivity index is 1.69. The van der Waals surface area contributed by atoms with Crippen LogP contribution in [0.15, 0.2) is 30.3 Å². The van der Waals surface area contributed by atoms with Crippen molar-refractivity contribution in [3.8, 4) is 11.3 Å². The van der Waals surface area contributed by atoms with Crippen LogP contribution >= 0.6 is 11.6 Å². The second kappa shape index (κ2) is 8.33. The molecule has 0 aliphatic carbocycles. The van der Waals surface area contributed by atoms with E-state index in [1.165, 1.54) is 0 Å². The van der Waals surface area contributed by atoms with Crippen LogP contribution in [0.2, 0.25) is 5.02 Å². The quantitative estimate of drug-likeness (QED) is 0.734. The molecule has 1 aromatic heterocycles. The highest BCUT2D eigenvalue weighted by Crippen LogP contribution is 2.24. The maximum absolute atomic E-state index is 12.1. The first kappa shape index (κ1) is 17.7. The number of anilines is 1. The van der Waals surface area contributed by atoms with Crippen molar-refractivity contribution in [2.24, 2.45) is 0 Å². The minimum atomic E-state index is -0.327. The van der Waals surface area contributed by atoms with Crippen molar-refractivity contribution >= 4 is 23.4 Å². The number of aromatic nitrogens is 2. The Kier molecular flexibility index (Phi) is 5.91. The van der Waals surface area contributed by atoms with E-state index in [1.54, 1.807) is 22.9 Å². The summed E-state index contributed by atoms with van der Waals surface area (Å²) >= 11 is 6.02. The summed E-state index contributed by atoms with van der Waals surface area (Å²) in [7, 11) is 0. The number of urea groups is 1. The minimum absolute atomic E-state index is 0.0788. The zero-order valence-corrected chi connectivity index (χ0v) is 14.5. The van der Waals surface area contributed by atoms with Gasteiger partial charge in [-0.25, -0.2) is 9.48 Å². The molecule has 0 unspecified atom stereocenters. The molecule has 25 heavy (non-hydrogen) atoms. The number of amides is 2. The lowest BCUT2D eigenvalue weighted by molar-refractivity contribution is 0.112. The van der Waals surface area contributed by atoms with Crippen molar-refractivity contribution in [2.45, 2.75) is 25.5 Å². The third-order valence-corrected chi connectivity index (χ3v) is 4.20. The summed E-state index contributed by atoms with van der Waals surface area (Å²) < 4.78 is 7.04. The summed E-state index contributed by atoms with van der Waals surface area (Å²) in [4.78, 5) is 12.1. The first-order chi connectivity index (χ1) is 12.2. The first-order valence-corrected chi connectivity index (χ1v) is 8.64. The van der Waals surface area contributed by atoms with Gasteiger partial charge < -0.3 is 15.2 Å². The smallest absolute Gasteiger partial charge is 0.320 e. The highest BCUT2D eigenvalue weighted by atomic mass is 35.5. The van der Waals surface area contributed by atoms with Crippen LogP contribution in [0, 0.1) is 0 Å². The molecule has 2 amide bonds. The van der Waals surface area contributed by atoms with Gasteiger partial charge >= 0.3 is 6.03 Å². The van der Waals surface area contributed by atoms with Gasteiger partial charge in [-0.3, -0.25) is 5.32 Å². The lowest BCUT2D eigenvalue weighted by atomic mass is 10.1. The van der Waals surface area contributed by atoms with E-state index in [1.807, 2.05) is 12.1 Å². The van der Waals surface area contributed by atoms with Crippen LogP contribution in [0.25, 0.3) is 11.3 Å². The highest BCUT2D eigenvalue weighted by molar-refractivity contribution is 6.30. The largest absolute Gasteiger partial charge is 0.394 e. The molecule has 134 valence electrons. The van der Waals surface area contributed by atoms with E-state index < -0.39 is 0 Å². The Hall–Kier alpha value is -2.09. The van der Waals surface area contributed by atoms with Crippen molar-refractivity contribution in [1.29, 1.82) is 0 Å². The van der Waals surface area contributed by atoms with Crippen LogP contribution in [0.3, 0.4) is 0 Å². The van der Waals surface area contributed by atoms with Gasteiger partial charge in [0.05, 0.1) is 24.9 Å². The van der Waals surface area contributed by atoms with Crippen LogP contribution in [-0.4, -0.2) is 46.8 Å². The Morgan fingerprint density at radius 2 is 2.32 bits per heavy atom. The van der Waals surface area contributed by atoms with Gasteiger partial charge in [0.1, 0.15) is 5.82 Å². The van der Waals surface area contributed by atoms with E-state index >= 15 is 0 Å². The predicted molar refractivity (Wildman–Crippen MR) is 95.8 cm³/mol. The molecule has 3 N–H and O–H groups in total. The molecular formula is C17H21ClN4O3. The zero-order chi connectivity index (χ0) is 17.6. The normalized spacial score (nSPS) is 16.8. The van der Waals surface area contributed by atoms with Gasteiger partial charge in [0.25, 0.3) is 0 Å². The number of aliphatic hydroxyl groups excluding tert-OH is 1.